The number of rotatable bonds is 8. The molecule has 1 aromatic heterocycles. The first-order chi connectivity index (χ1) is 22.7. The van der Waals surface area contributed by atoms with Gasteiger partial charge in [0.1, 0.15) is 35.7 Å². The highest BCUT2D eigenvalue weighted by molar-refractivity contribution is 6.01. The molecule has 5 heterocycles. The summed E-state index contributed by atoms with van der Waals surface area (Å²) in [5.41, 5.74) is 5.61. The van der Waals surface area contributed by atoms with Crippen LogP contribution in [0, 0.1) is 11.6 Å². The van der Waals surface area contributed by atoms with Crippen LogP contribution in [0.25, 0.3) is 32.8 Å². The number of fused-ring (bicyclic) bond motifs is 5. The van der Waals surface area contributed by atoms with Crippen molar-refractivity contribution in [2.45, 2.75) is 62.0 Å². The zero-order chi connectivity index (χ0) is 32.4. The van der Waals surface area contributed by atoms with Crippen molar-refractivity contribution < 1.29 is 28.1 Å². The quantitative estimate of drug-likeness (QED) is 0.257. The van der Waals surface area contributed by atoms with Gasteiger partial charge in [0.2, 0.25) is 0 Å². The predicted octanol–water partition coefficient (Wildman–Crippen LogP) is 4.36. The number of hydrogen-bond acceptors (Lipinski definition) is 9. The zero-order valence-corrected chi connectivity index (χ0v) is 26.1. The van der Waals surface area contributed by atoms with Crippen molar-refractivity contribution in [2.24, 2.45) is 5.73 Å². The average molecular weight is 649 g/mol. The first-order valence-electron chi connectivity index (χ1n) is 16.6. The summed E-state index contributed by atoms with van der Waals surface area (Å²) < 4.78 is 52.8. The highest BCUT2D eigenvalue weighted by Crippen LogP contribution is 2.43. The van der Waals surface area contributed by atoms with E-state index in [-0.39, 0.29) is 59.0 Å². The standard InChI is InChI=1S/C35H39F3N6O3/c36-21-13-35(9-2-10-43(35)15-21)19-47-34-40-32-27(33(41-34)42-16-22-5-6-23(17-42)44(22)18-25(46)14-39)8-7-26(31(32)38)28-12-24(45)11-20-3-1-4-29(37)30(20)28/h1,3-4,7-8,11-12,21-23,25,45-46H,2,5-6,9-10,13-19,39H2/t21-,22-,23+,25-,35+/m1/s1. The van der Waals surface area contributed by atoms with Crippen LogP contribution in [0.4, 0.5) is 19.0 Å². The smallest absolute Gasteiger partial charge is 0.319 e. The number of ether oxygens (including phenoxy) is 1. The van der Waals surface area contributed by atoms with Gasteiger partial charge in [-0.15, -0.1) is 0 Å². The van der Waals surface area contributed by atoms with Crippen molar-refractivity contribution in [3.63, 3.8) is 0 Å². The van der Waals surface area contributed by atoms with Crippen LogP contribution < -0.4 is 15.4 Å². The van der Waals surface area contributed by atoms with E-state index < -0.39 is 29.4 Å². The van der Waals surface area contributed by atoms with E-state index in [2.05, 4.69) is 19.7 Å². The molecular formula is C35H39F3N6O3. The van der Waals surface area contributed by atoms with Crippen LogP contribution in [0.2, 0.25) is 0 Å². The minimum Gasteiger partial charge on any atom is -0.508 e. The Kier molecular flexibility index (Phi) is 7.66. The number of phenols is 1. The van der Waals surface area contributed by atoms with E-state index in [1.165, 1.54) is 18.2 Å². The van der Waals surface area contributed by atoms with E-state index in [4.69, 9.17) is 15.5 Å². The molecule has 0 spiro atoms. The van der Waals surface area contributed by atoms with Gasteiger partial charge in [0.25, 0.3) is 0 Å². The van der Waals surface area contributed by atoms with E-state index in [0.29, 0.717) is 49.2 Å². The third kappa shape index (κ3) is 5.26. The number of anilines is 1. The second-order valence-corrected chi connectivity index (χ2v) is 13.7. The Labute approximate surface area is 270 Å². The minimum absolute atomic E-state index is 0.00682. The maximum Gasteiger partial charge on any atom is 0.319 e. The third-order valence-corrected chi connectivity index (χ3v) is 10.8. The SMILES string of the molecule is NC[C@@H](O)CN1[C@@H]2CC[C@H]1CN(c1nc(OC[C@@]34CCCN3C[C@H](F)C4)nc3c(F)c(-c4cc(O)cc5cccc(F)c45)ccc13)C2. The lowest BCUT2D eigenvalue weighted by molar-refractivity contribution is 0.0797. The molecule has 3 aromatic carbocycles. The number of alkyl halides is 1. The van der Waals surface area contributed by atoms with E-state index in [1.54, 1.807) is 24.3 Å². The van der Waals surface area contributed by atoms with Gasteiger partial charge < -0.3 is 25.6 Å². The number of aromatic nitrogens is 2. The molecule has 9 nitrogen and oxygen atoms in total. The van der Waals surface area contributed by atoms with E-state index in [0.717, 1.165) is 32.2 Å². The number of hydrogen-bond donors (Lipinski definition) is 3. The van der Waals surface area contributed by atoms with Crippen molar-refractivity contribution >= 4 is 27.5 Å². The predicted molar refractivity (Wildman–Crippen MR) is 173 cm³/mol. The molecule has 12 heteroatoms. The normalized spacial score (nSPS) is 26.8. The molecule has 47 heavy (non-hydrogen) atoms. The molecule has 2 bridgehead atoms. The summed E-state index contributed by atoms with van der Waals surface area (Å²) in [5.74, 6) is -0.778. The number of phenolic OH excluding ortho intramolecular Hbond substituents is 1. The Bertz CT molecular complexity index is 1830. The highest BCUT2D eigenvalue weighted by atomic mass is 19.1. The lowest BCUT2D eigenvalue weighted by Crippen LogP contribution is -2.56. The lowest BCUT2D eigenvalue weighted by Gasteiger charge is -2.42. The molecule has 4 aromatic rings. The molecule has 4 saturated heterocycles. The Morgan fingerprint density at radius 3 is 2.64 bits per heavy atom. The number of nitrogens with two attached hydrogens (primary N) is 1. The summed E-state index contributed by atoms with van der Waals surface area (Å²) >= 11 is 0. The summed E-state index contributed by atoms with van der Waals surface area (Å²) in [4.78, 5) is 16.1. The van der Waals surface area contributed by atoms with Crippen LogP contribution >= 0.6 is 0 Å². The van der Waals surface area contributed by atoms with Gasteiger partial charge in [0.05, 0.1) is 11.6 Å². The maximum atomic E-state index is 16.8. The number of aliphatic hydroxyl groups is 1. The van der Waals surface area contributed by atoms with E-state index in [1.807, 2.05) is 0 Å². The van der Waals surface area contributed by atoms with Gasteiger partial charge in [0, 0.05) is 67.6 Å². The van der Waals surface area contributed by atoms with Gasteiger partial charge in [0.15, 0.2) is 5.82 Å². The zero-order valence-electron chi connectivity index (χ0n) is 26.1. The van der Waals surface area contributed by atoms with Gasteiger partial charge in [-0.3, -0.25) is 9.80 Å². The second-order valence-electron chi connectivity index (χ2n) is 13.7. The fourth-order valence-corrected chi connectivity index (χ4v) is 8.64. The van der Waals surface area contributed by atoms with Crippen LogP contribution in [-0.2, 0) is 0 Å². The minimum atomic E-state index is -0.922. The van der Waals surface area contributed by atoms with Gasteiger partial charge >= 0.3 is 6.01 Å². The number of benzene rings is 3. The van der Waals surface area contributed by atoms with Crippen molar-refractivity contribution in [1.29, 1.82) is 0 Å². The maximum absolute atomic E-state index is 16.8. The van der Waals surface area contributed by atoms with Crippen LogP contribution in [0.15, 0.2) is 42.5 Å². The largest absolute Gasteiger partial charge is 0.508 e. The third-order valence-electron chi connectivity index (χ3n) is 10.8. The van der Waals surface area contributed by atoms with Gasteiger partial charge in [-0.2, -0.15) is 9.97 Å². The first-order valence-corrected chi connectivity index (χ1v) is 16.6. The van der Waals surface area contributed by atoms with Gasteiger partial charge in [-0.05, 0) is 67.4 Å². The molecule has 0 aliphatic carbocycles. The number of piperazine rings is 1. The van der Waals surface area contributed by atoms with Crippen LogP contribution in [-0.4, -0.2) is 106 Å². The molecule has 4 N–H and O–H groups in total. The van der Waals surface area contributed by atoms with Crippen molar-refractivity contribution in [1.82, 2.24) is 19.8 Å². The number of halogens is 3. The molecule has 0 unspecified atom stereocenters. The molecule has 0 amide bonds. The van der Waals surface area contributed by atoms with E-state index in [9.17, 15) is 14.6 Å². The number of aromatic hydroxyl groups is 1. The molecule has 4 aliphatic rings. The fourth-order valence-electron chi connectivity index (χ4n) is 8.64. The summed E-state index contributed by atoms with van der Waals surface area (Å²) in [6, 6.07) is 11.0. The first kappa shape index (κ1) is 30.6. The number of aliphatic hydroxyl groups excluding tert-OH is 1. The molecule has 0 saturated carbocycles. The van der Waals surface area contributed by atoms with Crippen molar-refractivity contribution in [2.75, 3.05) is 50.8 Å². The Morgan fingerprint density at radius 2 is 1.85 bits per heavy atom. The topological polar surface area (TPSA) is 111 Å². The molecule has 5 atom stereocenters. The van der Waals surface area contributed by atoms with Gasteiger partial charge in [-0.25, -0.2) is 13.2 Å². The number of nitrogens with zero attached hydrogens (tertiary/aromatic N) is 5. The van der Waals surface area contributed by atoms with Crippen molar-refractivity contribution in [3.05, 3.63) is 54.1 Å². The monoisotopic (exact) mass is 648 g/mol. The molecular weight excluding hydrogens is 609 g/mol. The molecule has 0 radical (unpaired) electrons. The molecule has 4 fully saturated rings. The Balaban J connectivity index is 1.22. The fraction of sp³-hybridized carbons (Fsp3) is 0.486. The van der Waals surface area contributed by atoms with Gasteiger partial charge in [-0.1, -0.05) is 18.2 Å². The summed E-state index contributed by atoms with van der Waals surface area (Å²) in [5, 5.41) is 21.9. The highest BCUT2D eigenvalue weighted by Gasteiger charge is 2.49. The van der Waals surface area contributed by atoms with Crippen LogP contribution in [0.3, 0.4) is 0 Å². The summed E-state index contributed by atoms with van der Waals surface area (Å²) in [7, 11) is 0. The average Bonchev–Trinajstić information content (AvgIpc) is 3.65. The molecule has 8 rings (SSSR count). The lowest BCUT2D eigenvalue weighted by atomic mass is 9.95. The van der Waals surface area contributed by atoms with E-state index >= 15 is 8.78 Å². The summed E-state index contributed by atoms with van der Waals surface area (Å²) in [6.07, 6.45) is 2.53. The van der Waals surface area contributed by atoms with Crippen molar-refractivity contribution in [3.8, 4) is 22.9 Å². The van der Waals surface area contributed by atoms with Crippen LogP contribution in [0.1, 0.15) is 32.1 Å². The molecule has 248 valence electrons. The molecule has 4 aliphatic heterocycles. The summed E-state index contributed by atoms with van der Waals surface area (Å²) in [6.45, 7) is 3.31. The Hall–Kier alpha value is -3.71. The Morgan fingerprint density at radius 1 is 1.04 bits per heavy atom. The van der Waals surface area contributed by atoms with Crippen LogP contribution in [0.5, 0.6) is 11.8 Å². The second kappa shape index (κ2) is 11.8.